The molecular weight excluding hydrogens is 164 g/mol. The van der Waals surface area contributed by atoms with Gasteiger partial charge in [0, 0.05) is 12.2 Å². The lowest BCUT2D eigenvalue weighted by atomic mass is 10.1. The van der Waals surface area contributed by atoms with Crippen LogP contribution in [0.5, 0.6) is 0 Å². The number of hydrogen-bond acceptors (Lipinski definition) is 2. The van der Waals surface area contributed by atoms with E-state index in [9.17, 15) is 4.79 Å². The molecule has 0 aromatic heterocycles. The molecule has 0 unspecified atom stereocenters. The van der Waals surface area contributed by atoms with E-state index < -0.39 is 0 Å². The molecule has 13 heavy (non-hydrogen) atoms. The van der Waals surface area contributed by atoms with Crippen molar-refractivity contribution in [2.75, 3.05) is 12.4 Å². The third-order valence-corrected chi connectivity index (χ3v) is 2.22. The quantitative estimate of drug-likeness (QED) is 0.703. The Bertz CT molecular complexity index is 347. The van der Waals surface area contributed by atoms with E-state index in [0.717, 1.165) is 23.4 Å². The van der Waals surface area contributed by atoms with Crippen molar-refractivity contribution in [2.24, 2.45) is 0 Å². The molecule has 2 rings (SSSR count). The molecule has 0 saturated heterocycles. The summed E-state index contributed by atoms with van der Waals surface area (Å²) in [5.41, 5.74) is 3.27. The number of hydrogen-bond donors (Lipinski definition) is 2. The molecule has 1 aromatic rings. The summed E-state index contributed by atoms with van der Waals surface area (Å²) in [5, 5.41) is 5.95. The maximum Gasteiger partial charge on any atom is 0.228 e. The van der Waals surface area contributed by atoms with E-state index in [1.54, 1.807) is 0 Å². The Kier molecular flexibility index (Phi) is 2.02. The Labute approximate surface area is 77.1 Å². The van der Waals surface area contributed by atoms with E-state index in [0.29, 0.717) is 6.42 Å². The number of carbonyl (C=O) groups is 1. The Morgan fingerprint density at radius 2 is 2.38 bits per heavy atom. The first-order valence-corrected chi connectivity index (χ1v) is 4.36. The standard InChI is InChI=1S/C10H12N2O/c1-11-6-8-4-2-3-7-5-9(13)12-10(7)8/h2-4,11H,5-6H2,1H3,(H,12,13). The van der Waals surface area contributed by atoms with Crippen molar-refractivity contribution >= 4 is 11.6 Å². The normalized spacial score (nSPS) is 14.1. The maximum atomic E-state index is 11.1. The van der Waals surface area contributed by atoms with Gasteiger partial charge in [-0.15, -0.1) is 0 Å². The topological polar surface area (TPSA) is 41.1 Å². The minimum absolute atomic E-state index is 0.0959. The Morgan fingerprint density at radius 1 is 1.54 bits per heavy atom. The minimum Gasteiger partial charge on any atom is -0.325 e. The Balaban J connectivity index is 2.39. The van der Waals surface area contributed by atoms with Crippen LogP contribution in [-0.4, -0.2) is 13.0 Å². The van der Waals surface area contributed by atoms with Crippen molar-refractivity contribution in [1.82, 2.24) is 5.32 Å². The lowest BCUT2D eigenvalue weighted by Crippen LogP contribution is -2.09. The van der Waals surface area contributed by atoms with Crippen LogP contribution in [0.4, 0.5) is 5.69 Å². The fourth-order valence-electron chi connectivity index (χ4n) is 1.66. The van der Waals surface area contributed by atoms with Gasteiger partial charge in [-0.3, -0.25) is 4.79 Å². The Morgan fingerprint density at radius 3 is 3.15 bits per heavy atom. The van der Waals surface area contributed by atoms with E-state index >= 15 is 0 Å². The summed E-state index contributed by atoms with van der Waals surface area (Å²) in [4.78, 5) is 11.1. The highest BCUT2D eigenvalue weighted by atomic mass is 16.1. The second-order valence-corrected chi connectivity index (χ2v) is 3.21. The van der Waals surface area contributed by atoms with Crippen LogP contribution in [-0.2, 0) is 17.8 Å². The molecule has 0 bridgehead atoms. The van der Waals surface area contributed by atoms with Gasteiger partial charge in [-0.05, 0) is 18.2 Å². The molecule has 1 heterocycles. The van der Waals surface area contributed by atoms with E-state index in [-0.39, 0.29) is 5.91 Å². The van der Waals surface area contributed by atoms with Gasteiger partial charge in [0.25, 0.3) is 0 Å². The molecule has 3 nitrogen and oxygen atoms in total. The van der Waals surface area contributed by atoms with Gasteiger partial charge in [0.05, 0.1) is 6.42 Å². The van der Waals surface area contributed by atoms with E-state index in [4.69, 9.17) is 0 Å². The molecule has 1 aliphatic heterocycles. The summed E-state index contributed by atoms with van der Waals surface area (Å²) in [6.45, 7) is 0.795. The summed E-state index contributed by atoms with van der Waals surface area (Å²) in [6, 6.07) is 6.01. The van der Waals surface area contributed by atoms with Crippen molar-refractivity contribution in [3.8, 4) is 0 Å². The molecule has 1 aliphatic rings. The molecule has 3 heteroatoms. The average Bonchev–Trinajstić information content (AvgIpc) is 2.47. The van der Waals surface area contributed by atoms with E-state index in [1.165, 1.54) is 0 Å². The van der Waals surface area contributed by atoms with Crippen LogP contribution >= 0.6 is 0 Å². The number of carbonyl (C=O) groups excluding carboxylic acids is 1. The molecule has 0 spiro atoms. The molecule has 1 aromatic carbocycles. The second kappa shape index (κ2) is 3.18. The fraction of sp³-hybridized carbons (Fsp3) is 0.300. The van der Waals surface area contributed by atoms with Crippen LogP contribution in [0.15, 0.2) is 18.2 Å². The average molecular weight is 176 g/mol. The number of rotatable bonds is 2. The molecule has 0 fully saturated rings. The predicted octanol–water partition coefficient (Wildman–Crippen LogP) is 0.901. The summed E-state index contributed by atoms with van der Waals surface area (Å²) in [5.74, 6) is 0.0959. The number of nitrogens with one attached hydrogen (secondary N) is 2. The van der Waals surface area contributed by atoms with Crippen molar-refractivity contribution in [1.29, 1.82) is 0 Å². The van der Waals surface area contributed by atoms with Crippen LogP contribution in [0.1, 0.15) is 11.1 Å². The lowest BCUT2D eigenvalue weighted by molar-refractivity contribution is -0.115. The highest BCUT2D eigenvalue weighted by molar-refractivity contribution is 6.00. The van der Waals surface area contributed by atoms with E-state index in [2.05, 4.69) is 10.6 Å². The van der Waals surface area contributed by atoms with Crippen molar-refractivity contribution in [3.63, 3.8) is 0 Å². The Hall–Kier alpha value is -1.35. The molecule has 2 N–H and O–H groups in total. The zero-order chi connectivity index (χ0) is 9.26. The van der Waals surface area contributed by atoms with Crippen LogP contribution in [0.25, 0.3) is 0 Å². The SMILES string of the molecule is CNCc1cccc2c1NC(=O)C2. The highest BCUT2D eigenvalue weighted by Gasteiger charge is 2.19. The summed E-state index contributed by atoms with van der Waals surface area (Å²) in [6.07, 6.45) is 0.521. The van der Waals surface area contributed by atoms with Gasteiger partial charge in [-0.1, -0.05) is 18.2 Å². The molecule has 0 saturated carbocycles. The predicted molar refractivity (Wildman–Crippen MR) is 51.5 cm³/mol. The van der Waals surface area contributed by atoms with Gasteiger partial charge in [-0.2, -0.15) is 0 Å². The number of para-hydroxylation sites is 1. The number of benzene rings is 1. The summed E-state index contributed by atoms with van der Waals surface area (Å²) in [7, 11) is 1.90. The van der Waals surface area contributed by atoms with Crippen molar-refractivity contribution in [3.05, 3.63) is 29.3 Å². The molecule has 0 atom stereocenters. The fourth-order valence-corrected chi connectivity index (χ4v) is 1.66. The van der Waals surface area contributed by atoms with Crippen molar-refractivity contribution < 1.29 is 4.79 Å². The zero-order valence-corrected chi connectivity index (χ0v) is 7.55. The third-order valence-electron chi connectivity index (χ3n) is 2.22. The first-order chi connectivity index (χ1) is 6.31. The van der Waals surface area contributed by atoms with Crippen LogP contribution in [0.3, 0.4) is 0 Å². The van der Waals surface area contributed by atoms with Gasteiger partial charge in [0.2, 0.25) is 5.91 Å². The summed E-state index contributed by atoms with van der Waals surface area (Å²) < 4.78 is 0. The van der Waals surface area contributed by atoms with Crippen molar-refractivity contribution in [2.45, 2.75) is 13.0 Å². The largest absolute Gasteiger partial charge is 0.325 e. The van der Waals surface area contributed by atoms with Gasteiger partial charge < -0.3 is 10.6 Å². The molecule has 1 amide bonds. The van der Waals surface area contributed by atoms with Gasteiger partial charge in [-0.25, -0.2) is 0 Å². The first-order valence-electron chi connectivity index (χ1n) is 4.36. The minimum atomic E-state index is 0.0959. The van der Waals surface area contributed by atoms with Gasteiger partial charge in [0.1, 0.15) is 0 Å². The number of fused-ring (bicyclic) bond motifs is 1. The third kappa shape index (κ3) is 1.42. The zero-order valence-electron chi connectivity index (χ0n) is 7.55. The molecule has 68 valence electrons. The van der Waals surface area contributed by atoms with E-state index in [1.807, 2.05) is 25.2 Å². The highest BCUT2D eigenvalue weighted by Crippen LogP contribution is 2.26. The van der Waals surface area contributed by atoms with Crippen LogP contribution in [0, 0.1) is 0 Å². The van der Waals surface area contributed by atoms with Gasteiger partial charge in [0.15, 0.2) is 0 Å². The second-order valence-electron chi connectivity index (χ2n) is 3.21. The smallest absolute Gasteiger partial charge is 0.228 e. The number of anilines is 1. The first kappa shape index (κ1) is 8.26. The van der Waals surface area contributed by atoms with Crippen LogP contribution in [0.2, 0.25) is 0 Å². The monoisotopic (exact) mass is 176 g/mol. The van der Waals surface area contributed by atoms with Crippen LogP contribution < -0.4 is 10.6 Å². The maximum absolute atomic E-state index is 11.1. The molecular formula is C10H12N2O. The summed E-state index contributed by atoms with van der Waals surface area (Å²) >= 11 is 0. The number of amides is 1. The molecule has 0 aliphatic carbocycles. The van der Waals surface area contributed by atoms with Gasteiger partial charge >= 0.3 is 0 Å². The molecule has 0 radical (unpaired) electrons. The lowest BCUT2D eigenvalue weighted by Gasteiger charge is -2.06.